The third-order valence-corrected chi connectivity index (χ3v) is 4.77. The van der Waals surface area contributed by atoms with Gasteiger partial charge in [0.05, 0.1) is 6.57 Å². The molecule has 2 aromatic heterocycles. The maximum absolute atomic E-state index is 13.0. The van der Waals surface area contributed by atoms with Gasteiger partial charge in [0.1, 0.15) is 0 Å². The van der Waals surface area contributed by atoms with Gasteiger partial charge in [-0.3, -0.25) is 19.8 Å². The lowest BCUT2D eigenvalue weighted by atomic mass is 9.90. The van der Waals surface area contributed by atoms with Gasteiger partial charge in [0.2, 0.25) is 5.91 Å². The smallest absolute Gasteiger partial charge is 0.251 e. The zero-order valence-electron chi connectivity index (χ0n) is 14.7. The molecule has 1 aromatic carbocycles. The van der Waals surface area contributed by atoms with Crippen molar-refractivity contribution in [1.82, 2.24) is 20.2 Å². The molecule has 1 aliphatic heterocycles. The Bertz CT molecular complexity index is 974. The Labute approximate surface area is 156 Å². The van der Waals surface area contributed by atoms with E-state index in [4.69, 9.17) is 6.57 Å². The van der Waals surface area contributed by atoms with E-state index in [0.29, 0.717) is 30.4 Å². The van der Waals surface area contributed by atoms with Crippen molar-refractivity contribution < 1.29 is 4.79 Å². The number of nitrogens with zero attached hydrogens (tertiary/aromatic N) is 5. The number of aromatic amines is 1. The van der Waals surface area contributed by atoms with Crippen LogP contribution < -0.4 is 4.90 Å². The summed E-state index contributed by atoms with van der Waals surface area (Å²) in [6, 6.07) is 11.1. The molecule has 27 heavy (non-hydrogen) atoms. The monoisotopic (exact) mass is 358 g/mol. The predicted molar refractivity (Wildman–Crippen MR) is 101 cm³/mol. The molecule has 3 heterocycles. The first-order chi connectivity index (χ1) is 13.2. The maximum Gasteiger partial charge on any atom is 0.251 e. The third-order valence-electron chi connectivity index (χ3n) is 4.77. The van der Waals surface area contributed by atoms with Gasteiger partial charge in [0, 0.05) is 30.4 Å². The lowest BCUT2D eigenvalue weighted by Crippen LogP contribution is -2.42. The van der Waals surface area contributed by atoms with Crippen LogP contribution in [0.2, 0.25) is 0 Å². The Kier molecular flexibility index (Phi) is 4.62. The van der Waals surface area contributed by atoms with Crippen LogP contribution in [0.3, 0.4) is 0 Å². The highest BCUT2D eigenvalue weighted by atomic mass is 16.2. The fourth-order valence-corrected chi connectivity index (χ4v) is 3.34. The molecular formula is C20H18N6O. The molecule has 0 aliphatic carbocycles. The number of anilines is 1. The summed E-state index contributed by atoms with van der Waals surface area (Å²) in [5, 5.41) is 7.15. The van der Waals surface area contributed by atoms with Gasteiger partial charge in [0.25, 0.3) is 5.95 Å². The van der Waals surface area contributed by atoms with Gasteiger partial charge in [-0.25, -0.2) is 4.85 Å². The van der Waals surface area contributed by atoms with Gasteiger partial charge in [0.15, 0.2) is 11.5 Å². The average molecular weight is 358 g/mol. The van der Waals surface area contributed by atoms with Gasteiger partial charge in [-0.15, -0.1) is 5.10 Å². The average Bonchev–Trinajstić information content (AvgIpc) is 3.21. The van der Waals surface area contributed by atoms with Crippen LogP contribution in [0.25, 0.3) is 16.2 Å². The van der Waals surface area contributed by atoms with E-state index >= 15 is 0 Å². The molecule has 1 atom stereocenters. The molecule has 0 unspecified atom stereocenters. The van der Waals surface area contributed by atoms with Crippen molar-refractivity contribution in [2.75, 3.05) is 11.4 Å². The Balaban J connectivity index is 1.50. The van der Waals surface area contributed by atoms with Gasteiger partial charge >= 0.3 is 0 Å². The highest BCUT2D eigenvalue weighted by molar-refractivity contribution is 5.94. The molecule has 7 nitrogen and oxygen atoms in total. The van der Waals surface area contributed by atoms with E-state index in [2.05, 4.69) is 25.0 Å². The normalized spacial score (nSPS) is 16.9. The predicted octanol–water partition coefficient (Wildman–Crippen LogP) is 3.40. The van der Waals surface area contributed by atoms with Gasteiger partial charge in [-0.05, 0) is 37.0 Å². The number of hydrogen-bond donors (Lipinski definition) is 1. The van der Waals surface area contributed by atoms with E-state index in [1.165, 1.54) is 0 Å². The van der Waals surface area contributed by atoms with Gasteiger partial charge in [-0.1, -0.05) is 24.3 Å². The van der Waals surface area contributed by atoms with Gasteiger partial charge < -0.3 is 0 Å². The van der Waals surface area contributed by atoms with E-state index in [-0.39, 0.29) is 11.8 Å². The molecule has 1 aliphatic rings. The van der Waals surface area contributed by atoms with Crippen LogP contribution in [0.4, 0.5) is 11.6 Å². The summed E-state index contributed by atoms with van der Waals surface area (Å²) in [7, 11) is 0. The molecule has 4 rings (SSSR count). The van der Waals surface area contributed by atoms with E-state index < -0.39 is 0 Å². The maximum atomic E-state index is 13.0. The minimum Gasteiger partial charge on any atom is -0.279 e. The number of pyridine rings is 1. The molecule has 0 spiro atoms. The Morgan fingerprint density at radius 3 is 2.70 bits per heavy atom. The molecule has 0 bridgehead atoms. The quantitative estimate of drug-likeness (QED) is 0.725. The first-order valence-corrected chi connectivity index (χ1v) is 8.85. The van der Waals surface area contributed by atoms with Crippen LogP contribution in [0, 0.1) is 12.5 Å². The van der Waals surface area contributed by atoms with Crippen LogP contribution >= 0.6 is 0 Å². The molecule has 0 radical (unpaired) electrons. The summed E-state index contributed by atoms with van der Waals surface area (Å²) in [6.45, 7) is 7.65. The number of rotatable bonds is 4. The standard InChI is InChI=1S/C20H18N6O/c1-21-17-6-4-14(5-7-17)13-16-3-2-12-26(19(16)27)20-23-18(24-25-20)15-8-10-22-11-9-15/h4-11,16H,2-3,12-13H2,(H,23,24,25)/t16-/m0/s1. The largest absolute Gasteiger partial charge is 0.279 e. The van der Waals surface area contributed by atoms with Crippen LogP contribution in [0.1, 0.15) is 18.4 Å². The number of nitrogens with one attached hydrogen (secondary N) is 1. The lowest BCUT2D eigenvalue weighted by Gasteiger charge is -2.30. The summed E-state index contributed by atoms with van der Waals surface area (Å²) in [6.07, 6.45) is 5.81. The number of H-pyrrole nitrogens is 1. The molecule has 1 N–H and O–H groups in total. The van der Waals surface area contributed by atoms with E-state index in [9.17, 15) is 4.79 Å². The zero-order chi connectivity index (χ0) is 18.6. The highest BCUT2D eigenvalue weighted by Crippen LogP contribution is 2.26. The molecule has 1 saturated heterocycles. The fourth-order valence-electron chi connectivity index (χ4n) is 3.34. The minimum atomic E-state index is -0.0968. The second-order valence-corrected chi connectivity index (χ2v) is 6.53. The first kappa shape index (κ1) is 16.9. The number of benzene rings is 1. The summed E-state index contributed by atoms with van der Waals surface area (Å²) in [5.41, 5.74) is 2.56. The van der Waals surface area contributed by atoms with Gasteiger partial charge in [-0.2, -0.15) is 4.98 Å². The van der Waals surface area contributed by atoms with Crippen molar-refractivity contribution in [3.63, 3.8) is 0 Å². The SMILES string of the molecule is [C-]#[N+]c1ccc(C[C@@H]2CCCN(c3n[nH]c(-c4ccncc4)n3)C2=O)cc1. The summed E-state index contributed by atoms with van der Waals surface area (Å²) < 4.78 is 0. The fraction of sp³-hybridized carbons (Fsp3) is 0.250. The van der Waals surface area contributed by atoms with Crippen molar-refractivity contribution in [2.45, 2.75) is 19.3 Å². The van der Waals surface area contributed by atoms with Crippen LogP contribution in [-0.4, -0.2) is 32.6 Å². The number of aromatic nitrogens is 4. The molecule has 7 heteroatoms. The van der Waals surface area contributed by atoms with Crippen molar-refractivity contribution >= 4 is 17.5 Å². The Hall–Kier alpha value is -3.53. The van der Waals surface area contributed by atoms with Crippen molar-refractivity contribution in [2.24, 2.45) is 5.92 Å². The summed E-state index contributed by atoms with van der Waals surface area (Å²) in [5.74, 6) is 0.994. The molecule has 0 saturated carbocycles. The topological polar surface area (TPSA) is 79.1 Å². The second-order valence-electron chi connectivity index (χ2n) is 6.53. The molecule has 3 aromatic rings. The number of hydrogen-bond acceptors (Lipinski definition) is 4. The van der Waals surface area contributed by atoms with Crippen LogP contribution in [-0.2, 0) is 11.2 Å². The molecule has 134 valence electrons. The number of carbonyl (C=O) groups excluding carboxylic acids is 1. The Morgan fingerprint density at radius 1 is 1.19 bits per heavy atom. The van der Waals surface area contributed by atoms with Crippen molar-refractivity contribution in [3.05, 3.63) is 65.8 Å². The van der Waals surface area contributed by atoms with E-state index in [1.807, 2.05) is 24.3 Å². The molecule has 1 amide bonds. The van der Waals surface area contributed by atoms with E-state index in [0.717, 1.165) is 24.0 Å². The number of amides is 1. The summed E-state index contributed by atoms with van der Waals surface area (Å²) >= 11 is 0. The van der Waals surface area contributed by atoms with Crippen molar-refractivity contribution in [1.29, 1.82) is 0 Å². The van der Waals surface area contributed by atoms with E-state index in [1.54, 1.807) is 29.4 Å². The lowest BCUT2D eigenvalue weighted by molar-refractivity contribution is -0.123. The minimum absolute atomic E-state index is 0.0517. The Morgan fingerprint density at radius 2 is 1.96 bits per heavy atom. The second kappa shape index (κ2) is 7.38. The van der Waals surface area contributed by atoms with Crippen molar-refractivity contribution in [3.8, 4) is 11.4 Å². The highest BCUT2D eigenvalue weighted by Gasteiger charge is 2.31. The number of carbonyl (C=O) groups is 1. The van der Waals surface area contributed by atoms with Crippen LogP contribution in [0.5, 0.6) is 0 Å². The third kappa shape index (κ3) is 3.55. The molecule has 1 fully saturated rings. The first-order valence-electron chi connectivity index (χ1n) is 8.85. The molecular weight excluding hydrogens is 340 g/mol. The number of piperidine rings is 1. The van der Waals surface area contributed by atoms with Crippen LogP contribution in [0.15, 0.2) is 48.8 Å². The zero-order valence-corrected chi connectivity index (χ0v) is 14.7. The summed E-state index contributed by atoms with van der Waals surface area (Å²) in [4.78, 5) is 26.5.